The third kappa shape index (κ3) is 3.56. The predicted octanol–water partition coefficient (Wildman–Crippen LogP) is 2.56. The highest BCUT2D eigenvalue weighted by Crippen LogP contribution is 2.18. The lowest BCUT2D eigenvalue weighted by Crippen LogP contribution is -2.49. The molecular weight excluding hydrogens is 246 g/mol. The summed E-state index contributed by atoms with van der Waals surface area (Å²) >= 11 is 1.65. The maximum atomic E-state index is 12.3. The molecule has 1 aromatic rings. The van der Waals surface area contributed by atoms with E-state index in [-0.39, 0.29) is 11.9 Å². The highest BCUT2D eigenvalue weighted by Gasteiger charge is 2.27. The van der Waals surface area contributed by atoms with Gasteiger partial charge in [-0.1, -0.05) is 19.9 Å². The first-order chi connectivity index (χ1) is 8.66. The van der Waals surface area contributed by atoms with E-state index >= 15 is 0 Å². The largest absolute Gasteiger partial charge is 0.377 e. The molecule has 1 aliphatic heterocycles. The van der Waals surface area contributed by atoms with Crippen molar-refractivity contribution in [2.75, 3.05) is 19.8 Å². The van der Waals surface area contributed by atoms with Crippen LogP contribution in [-0.2, 0) is 16.0 Å². The van der Waals surface area contributed by atoms with Crippen molar-refractivity contribution in [3.63, 3.8) is 0 Å². The molecule has 1 aliphatic rings. The van der Waals surface area contributed by atoms with Gasteiger partial charge in [0.25, 0.3) is 0 Å². The Morgan fingerprint density at radius 3 is 3.11 bits per heavy atom. The van der Waals surface area contributed by atoms with Gasteiger partial charge in [-0.25, -0.2) is 0 Å². The van der Waals surface area contributed by atoms with Crippen molar-refractivity contribution < 1.29 is 9.53 Å². The number of morpholine rings is 1. The first-order valence-electron chi connectivity index (χ1n) is 6.56. The second-order valence-corrected chi connectivity index (χ2v) is 6.23. The van der Waals surface area contributed by atoms with Crippen LogP contribution in [0, 0.1) is 5.92 Å². The topological polar surface area (TPSA) is 29.5 Å². The molecule has 1 fully saturated rings. The van der Waals surface area contributed by atoms with Crippen molar-refractivity contribution in [3.05, 3.63) is 22.4 Å². The SMILES string of the molecule is CC(C)C[C@H]1COCCN1C(=O)Cc1cccs1. The predicted molar refractivity (Wildman–Crippen MR) is 73.8 cm³/mol. The fourth-order valence-corrected chi connectivity index (χ4v) is 3.08. The molecule has 1 atom stereocenters. The Morgan fingerprint density at radius 2 is 2.44 bits per heavy atom. The monoisotopic (exact) mass is 267 g/mol. The summed E-state index contributed by atoms with van der Waals surface area (Å²) in [6.07, 6.45) is 1.56. The van der Waals surface area contributed by atoms with Crippen molar-refractivity contribution >= 4 is 17.2 Å². The van der Waals surface area contributed by atoms with E-state index in [4.69, 9.17) is 4.74 Å². The number of amides is 1. The fourth-order valence-electron chi connectivity index (χ4n) is 2.39. The van der Waals surface area contributed by atoms with Crippen LogP contribution in [0.3, 0.4) is 0 Å². The highest BCUT2D eigenvalue weighted by atomic mass is 32.1. The van der Waals surface area contributed by atoms with E-state index in [1.807, 2.05) is 22.4 Å². The second-order valence-electron chi connectivity index (χ2n) is 5.20. The Kier molecular flexibility index (Phi) is 4.78. The third-order valence-electron chi connectivity index (χ3n) is 3.20. The quantitative estimate of drug-likeness (QED) is 0.839. The zero-order valence-electron chi connectivity index (χ0n) is 11.1. The smallest absolute Gasteiger partial charge is 0.228 e. The van der Waals surface area contributed by atoms with Gasteiger partial charge in [0.2, 0.25) is 5.91 Å². The molecule has 1 amide bonds. The zero-order chi connectivity index (χ0) is 13.0. The lowest BCUT2D eigenvalue weighted by Gasteiger charge is -2.36. The van der Waals surface area contributed by atoms with E-state index < -0.39 is 0 Å². The van der Waals surface area contributed by atoms with Crippen LogP contribution < -0.4 is 0 Å². The number of hydrogen-bond donors (Lipinski definition) is 0. The van der Waals surface area contributed by atoms with E-state index in [1.54, 1.807) is 11.3 Å². The summed E-state index contributed by atoms with van der Waals surface area (Å²) in [5.74, 6) is 0.833. The van der Waals surface area contributed by atoms with Crippen LogP contribution in [0.5, 0.6) is 0 Å². The van der Waals surface area contributed by atoms with Gasteiger partial charge in [0.05, 0.1) is 25.7 Å². The molecule has 0 aliphatic carbocycles. The minimum atomic E-state index is 0.242. The van der Waals surface area contributed by atoms with Crippen LogP contribution in [0.4, 0.5) is 0 Å². The van der Waals surface area contributed by atoms with Gasteiger partial charge in [-0.2, -0.15) is 0 Å². The van der Waals surface area contributed by atoms with Crippen LogP contribution in [0.25, 0.3) is 0 Å². The van der Waals surface area contributed by atoms with Crippen LogP contribution in [0.1, 0.15) is 25.1 Å². The molecule has 3 nitrogen and oxygen atoms in total. The first-order valence-corrected chi connectivity index (χ1v) is 7.44. The van der Waals surface area contributed by atoms with Crippen LogP contribution >= 0.6 is 11.3 Å². The molecule has 2 rings (SSSR count). The number of carbonyl (C=O) groups is 1. The Labute approximate surface area is 113 Å². The lowest BCUT2D eigenvalue weighted by molar-refractivity contribution is -0.139. The Bertz CT molecular complexity index is 375. The van der Waals surface area contributed by atoms with Gasteiger partial charge in [-0.05, 0) is 23.8 Å². The molecule has 0 N–H and O–H groups in total. The molecule has 18 heavy (non-hydrogen) atoms. The molecular formula is C14H21NO2S. The summed E-state index contributed by atoms with van der Waals surface area (Å²) in [7, 11) is 0. The summed E-state index contributed by atoms with van der Waals surface area (Å²) in [5, 5.41) is 2.02. The minimum Gasteiger partial charge on any atom is -0.377 e. The summed E-state index contributed by atoms with van der Waals surface area (Å²) < 4.78 is 5.51. The molecule has 2 heterocycles. The van der Waals surface area contributed by atoms with E-state index in [2.05, 4.69) is 13.8 Å². The number of thiophene rings is 1. The number of nitrogens with zero attached hydrogens (tertiary/aromatic N) is 1. The molecule has 0 bridgehead atoms. The van der Waals surface area contributed by atoms with E-state index in [0.717, 1.165) is 17.8 Å². The van der Waals surface area contributed by atoms with Crippen molar-refractivity contribution in [1.29, 1.82) is 0 Å². The van der Waals surface area contributed by atoms with Crippen LogP contribution in [0.15, 0.2) is 17.5 Å². The van der Waals surface area contributed by atoms with Gasteiger partial charge in [-0.15, -0.1) is 11.3 Å². The maximum absolute atomic E-state index is 12.3. The lowest BCUT2D eigenvalue weighted by atomic mass is 10.0. The molecule has 4 heteroatoms. The standard InChI is InChI=1S/C14H21NO2S/c1-11(2)8-12-10-17-6-5-15(12)14(16)9-13-4-3-7-18-13/h3-4,7,11-12H,5-6,8-10H2,1-2H3/t12-/m0/s1. The van der Waals surface area contributed by atoms with E-state index in [0.29, 0.717) is 25.6 Å². The zero-order valence-corrected chi connectivity index (χ0v) is 11.9. The second kappa shape index (κ2) is 6.34. The first kappa shape index (κ1) is 13.6. The third-order valence-corrected chi connectivity index (χ3v) is 4.07. The van der Waals surface area contributed by atoms with Gasteiger partial charge in [0.15, 0.2) is 0 Å². The van der Waals surface area contributed by atoms with Crippen molar-refractivity contribution in [1.82, 2.24) is 4.90 Å². The van der Waals surface area contributed by atoms with Crippen molar-refractivity contribution in [2.24, 2.45) is 5.92 Å². The summed E-state index contributed by atoms with van der Waals surface area (Å²) in [4.78, 5) is 15.5. The molecule has 0 spiro atoms. The Morgan fingerprint density at radius 1 is 1.61 bits per heavy atom. The molecule has 0 saturated carbocycles. The number of hydrogen-bond acceptors (Lipinski definition) is 3. The van der Waals surface area contributed by atoms with Gasteiger partial charge in [0.1, 0.15) is 0 Å². The maximum Gasteiger partial charge on any atom is 0.228 e. The normalized spacial score (nSPS) is 20.4. The molecule has 0 unspecified atom stereocenters. The van der Waals surface area contributed by atoms with Gasteiger partial charge >= 0.3 is 0 Å². The Hall–Kier alpha value is -0.870. The summed E-state index contributed by atoms with van der Waals surface area (Å²) in [6, 6.07) is 4.28. The molecule has 0 aromatic carbocycles. The van der Waals surface area contributed by atoms with Gasteiger partial charge < -0.3 is 9.64 Å². The fraction of sp³-hybridized carbons (Fsp3) is 0.643. The van der Waals surface area contributed by atoms with Crippen LogP contribution in [-0.4, -0.2) is 36.6 Å². The van der Waals surface area contributed by atoms with Gasteiger partial charge in [0, 0.05) is 11.4 Å². The minimum absolute atomic E-state index is 0.242. The number of carbonyl (C=O) groups excluding carboxylic acids is 1. The van der Waals surface area contributed by atoms with Crippen molar-refractivity contribution in [3.8, 4) is 0 Å². The highest BCUT2D eigenvalue weighted by molar-refractivity contribution is 7.10. The number of ether oxygens (including phenoxy) is 1. The average Bonchev–Trinajstić information content (AvgIpc) is 2.81. The molecule has 1 aromatic heterocycles. The van der Waals surface area contributed by atoms with E-state index in [9.17, 15) is 4.79 Å². The summed E-state index contributed by atoms with van der Waals surface area (Å²) in [6.45, 7) is 6.48. The number of rotatable bonds is 4. The Balaban J connectivity index is 1.97. The summed E-state index contributed by atoms with van der Waals surface area (Å²) in [5.41, 5.74) is 0. The molecule has 0 radical (unpaired) electrons. The van der Waals surface area contributed by atoms with Crippen molar-refractivity contribution in [2.45, 2.75) is 32.7 Å². The molecule has 1 saturated heterocycles. The van der Waals surface area contributed by atoms with Crippen LogP contribution in [0.2, 0.25) is 0 Å². The van der Waals surface area contributed by atoms with E-state index in [1.165, 1.54) is 0 Å². The van der Waals surface area contributed by atoms with Gasteiger partial charge in [-0.3, -0.25) is 4.79 Å². The molecule has 100 valence electrons. The average molecular weight is 267 g/mol.